The van der Waals surface area contributed by atoms with Gasteiger partial charge in [0.1, 0.15) is 0 Å². The van der Waals surface area contributed by atoms with Crippen LogP contribution in [0.4, 0.5) is 13.2 Å². The van der Waals surface area contributed by atoms with Crippen molar-refractivity contribution in [3.05, 3.63) is 28.2 Å². The molecule has 5 nitrogen and oxygen atoms in total. The fourth-order valence-electron chi connectivity index (χ4n) is 1.56. The maximum Gasteiger partial charge on any atom is 0.390 e. The largest absolute Gasteiger partial charge is 0.478 e. The summed E-state index contributed by atoms with van der Waals surface area (Å²) in [6.45, 7) is 1.07. The van der Waals surface area contributed by atoms with Gasteiger partial charge in [-0.2, -0.15) is 13.2 Å². The Bertz CT molecular complexity index is 645. The minimum absolute atomic E-state index is 0.164. The third kappa shape index (κ3) is 5.29. The predicted octanol–water partition coefficient (Wildman–Crippen LogP) is 2.77. The number of hydrogen-bond acceptors (Lipinski definition) is 3. The lowest BCUT2D eigenvalue weighted by molar-refractivity contribution is -0.137. The minimum atomic E-state index is -4.51. The molecule has 1 aromatic carbocycles. The third-order valence-corrected chi connectivity index (χ3v) is 4.65. The molecule has 0 heterocycles. The summed E-state index contributed by atoms with van der Waals surface area (Å²) in [5, 5.41) is 8.90. The van der Waals surface area contributed by atoms with Crippen molar-refractivity contribution in [2.24, 2.45) is 0 Å². The average molecular weight is 390 g/mol. The Morgan fingerprint density at radius 3 is 2.48 bits per heavy atom. The van der Waals surface area contributed by atoms with Crippen molar-refractivity contribution >= 4 is 31.9 Å². The second-order valence-corrected chi connectivity index (χ2v) is 6.86. The van der Waals surface area contributed by atoms with Gasteiger partial charge in [-0.25, -0.2) is 17.9 Å². The standard InChI is InChI=1S/C11H11BrF3NO4S/c1-6(5-11(13,14)15)16-21(19,20)7-2-3-9(12)8(4-7)10(17)18/h2-4,6,16H,5H2,1H3,(H,17,18). The van der Waals surface area contributed by atoms with E-state index in [-0.39, 0.29) is 10.0 Å². The van der Waals surface area contributed by atoms with Gasteiger partial charge in [0.25, 0.3) is 0 Å². The third-order valence-electron chi connectivity index (χ3n) is 2.37. The van der Waals surface area contributed by atoms with Gasteiger partial charge >= 0.3 is 12.1 Å². The molecule has 118 valence electrons. The molecule has 0 bridgehead atoms. The molecule has 2 N–H and O–H groups in total. The lowest BCUT2D eigenvalue weighted by Crippen LogP contribution is -2.36. The van der Waals surface area contributed by atoms with Crippen LogP contribution in [0, 0.1) is 0 Å². The van der Waals surface area contributed by atoms with Crippen molar-refractivity contribution in [1.29, 1.82) is 0 Å². The molecule has 1 aromatic rings. The zero-order valence-electron chi connectivity index (χ0n) is 10.6. The highest BCUT2D eigenvalue weighted by Crippen LogP contribution is 2.24. The molecular weight excluding hydrogens is 379 g/mol. The molecule has 10 heteroatoms. The zero-order valence-corrected chi connectivity index (χ0v) is 13.0. The van der Waals surface area contributed by atoms with Crippen LogP contribution in [0.1, 0.15) is 23.7 Å². The summed E-state index contributed by atoms with van der Waals surface area (Å²) in [7, 11) is -4.24. The van der Waals surface area contributed by atoms with Crippen molar-refractivity contribution in [3.63, 3.8) is 0 Å². The highest BCUT2D eigenvalue weighted by molar-refractivity contribution is 9.10. The number of nitrogens with one attached hydrogen (secondary N) is 1. The molecule has 0 aliphatic carbocycles. The van der Waals surface area contributed by atoms with Gasteiger partial charge in [0.15, 0.2) is 0 Å². The Morgan fingerprint density at radius 1 is 1.43 bits per heavy atom. The Morgan fingerprint density at radius 2 is 2.00 bits per heavy atom. The quantitative estimate of drug-likeness (QED) is 0.810. The van der Waals surface area contributed by atoms with E-state index in [0.717, 1.165) is 19.1 Å². The highest BCUT2D eigenvalue weighted by Gasteiger charge is 2.32. The van der Waals surface area contributed by atoms with Crippen LogP contribution < -0.4 is 4.72 Å². The lowest BCUT2D eigenvalue weighted by Gasteiger charge is -2.16. The number of carboxylic acids is 1. The molecule has 0 aromatic heterocycles. The summed E-state index contributed by atoms with van der Waals surface area (Å²) in [5.74, 6) is -1.36. The Labute approximate surface area is 127 Å². The number of hydrogen-bond donors (Lipinski definition) is 2. The Kier molecular flexibility index (Phi) is 5.40. The highest BCUT2D eigenvalue weighted by atomic mass is 79.9. The maximum absolute atomic E-state index is 12.2. The molecule has 0 aliphatic rings. The molecule has 0 fully saturated rings. The molecule has 1 rings (SSSR count). The van der Waals surface area contributed by atoms with E-state index in [2.05, 4.69) is 15.9 Å². The zero-order chi connectivity index (χ0) is 16.4. The number of alkyl halides is 3. The van der Waals surface area contributed by atoms with E-state index >= 15 is 0 Å². The summed E-state index contributed by atoms with van der Waals surface area (Å²) >= 11 is 2.94. The van der Waals surface area contributed by atoms with Crippen molar-refractivity contribution in [2.75, 3.05) is 0 Å². The van der Waals surface area contributed by atoms with Crippen LogP contribution in [0.2, 0.25) is 0 Å². The molecule has 1 atom stereocenters. The fourth-order valence-corrected chi connectivity index (χ4v) is 3.24. The predicted molar refractivity (Wildman–Crippen MR) is 71.6 cm³/mol. The van der Waals surface area contributed by atoms with Crippen LogP contribution in [-0.4, -0.2) is 31.7 Å². The lowest BCUT2D eigenvalue weighted by atomic mass is 10.2. The van der Waals surface area contributed by atoms with Gasteiger partial charge in [-0.15, -0.1) is 0 Å². The van der Waals surface area contributed by atoms with Crippen LogP contribution >= 0.6 is 15.9 Å². The smallest absolute Gasteiger partial charge is 0.390 e. The first-order chi connectivity index (χ1) is 9.42. The van der Waals surface area contributed by atoms with Gasteiger partial charge in [0, 0.05) is 10.5 Å². The van der Waals surface area contributed by atoms with E-state index in [1.54, 1.807) is 0 Å². The molecular formula is C11H11BrF3NO4S. The van der Waals surface area contributed by atoms with Crippen LogP contribution in [0.25, 0.3) is 0 Å². The molecule has 0 aliphatic heterocycles. The Balaban J connectivity index is 3.04. The van der Waals surface area contributed by atoms with E-state index in [4.69, 9.17) is 5.11 Å². The van der Waals surface area contributed by atoms with E-state index in [0.29, 0.717) is 0 Å². The molecule has 0 saturated carbocycles. The van der Waals surface area contributed by atoms with Gasteiger partial charge in [0.05, 0.1) is 16.9 Å². The van der Waals surface area contributed by atoms with Crippen molar-refractivity contribution in [2.45, 2.75) is 30.5 Å². The number of carboxylic acid groups (broad SMARTS) is 1. The molecule has 0 spiro atoms. The number of halogens is 4. The summed E-state index contributed by atoms with van der Waals surface area (Å²) < 4.78 is 62.4. The van der Waals surface area contributed by atoms with E-state index in [9.17, 15) is 26.4 Å². The van der Waals surface area contributed by atoms with E-state index in [1.165, 1.54) is 6.07 Å². The van der Waals surface area contributed by atoms with Crippen LogP contribution in [0.3, 0.4) is 0 Å². The first kappa shape index (κ1) is 17.9. The normalized spacial score (nSPS) is 14.0. The second-order valence-electron chi connectivity index (χ2n) is 4.29. The molecule has 21 heavy (non-hydrogen) atoms. The molecule has 0 amide bonds. The minimum Gasteiger partial charge on any atom is -0.478 e. The molecule has 1 unspecified atom stereocenters. The topological polar surface area (TPSA) is 83.5 Å². The number of benzene rings is 1. The molecule has 0 saturated heterocycles. The van der Waals surface area contributed by atoms with Crippen molar-refractivity contribution < 1.29 is 31.5 Å². The van der Waals surface area contributed by atoms with Gasteiger partial charge in [-0.1, -0.05) is 0 Å². The van der Waals surface area contributed by atoms with Crippen molar-refractivity contribution in [1.82, 2.24) is 4.72 Å². The Hall–Kier alpha value is -1.13. The summed E-state index contributed by atoms with van der Waals surface area (Å²) in [5.41, 5.74) is -0.304. The first-order valence-electron chi connectivity index (χ1n) is 5.54. The van der Waals surface area contributed by atoms with Gasteiger partial charge < -0.3 is 5.11 Å². The van der Waals surface area contributed by atoms with Crippen LogP contribution in [0.15, 0.2) is 27.6 Å². The number of rotatable bonds is 5. The second kappa shape index (κ2) is 6.32. The average Bonchev–Trinajstić information content (AvgIpc) is 2.24. The molecule has 0 radical (unpaired) electrons. The summed E-state index contributed by atoms with van der Waals surface area (Å²) in [4.78, 5) is 10.5. The van der Waals surface area contributed by atoms with Gasteiger partial charge in [-0.3, -0.25) is 0 Å². The monoisotopic (exact) mass is 389 g/mol. The van der Waals surface area contributed by atoms with Crippen molar-refractivity contribution in [3.8, 4) is 0 Å². The maximum atomic E-state index is 12.2. The number of aromatic carboxylic acids is 1. The summed E-state index contributed by atoms with van der Waals surface area (Å²) in [6.07, 6.45) is -5.83. The van der Waals surface area contributed by atoms with Gasteiger partial charge in [-0.05, 0) is 41.1 Å². The van der Waals surface area contributed by atoms with Crippen LogP contribution in [0.5, 0.6) is 0 Å². The fraction of sp³-hybridized carbons (Fsp3) is 0.364. The summed E-state index contributed by atoms with van der Waals surface area (Å²) in [6, 6.07) is 1.80. The van der Waals surface area contributed by atoms with E-state index in [1.807, 2.05) is 4.72 Å². The van der Waals surface area contributed by atoms with E-state index < -0.39 is 39.5 Å². The van der Waals surface area contributed by atoms with Crippen LogP contribution in [-0.2, 0) is 10.0 Å². The SMILES string of the molecule is CC(CC(F)(F)F)NS(=O)(=O)c1ccc(Br)c(C(=O)O)c1. The van der Waals surface area contributed by atoms with Gasteiger partial charge in [0.2, 0.25) is 10.0 Å². The first-order valence-corrected chi connectivity index (χ1v) is 7.82. The number of sulfonamides is 1. The number of carbonyl (C=O) groups is 1.